The first kappa shape index (κ1) is 18.5. The second-order valence-corrected chi connectivity index (χ2v) is 6.41. The molecule has 0 atom stereocenters. The van der Waals surface area contributed by atoms with Gasteiger partial charge in [0.25, 0.3) is 11.8 Å². The van der Waals surface area contributed by atoms with Crippen LogP contribution < -0.4 is 20.3 Å². The Kier molecular flexibility index (Phi) is 5.13. The molecule has 146 valence electrons. The summed E-state index contributed by atoms with van der Waals surface area (Å²) in [5.74, 6) is 0.893. The molecule has 4 rings (SSSR count). The topological polar surface area (TPSA) is 96.9 Å². The quantitative estimate of drug-likeness (QED) is 0.455. The number of para-hydroxylation sites is 2. The molecule has 1 heterocycles. The molecule has 1 aliphatic rings. The number of nitrogens with one attached hydrogen (secondary N) is 2. The van der Waals surface area contributed by atoms with Crippen LogP contribution in [0.4, 0.5) is 5.69 Å². The van der Waals surface area contributed by atoms with Crippen LogP contribution in [0.5, 0.6) is 17.2 Å². The molecular formula is C22H18N2O5. The Morgan fingerprint density at radius 3 is 2.55 bits per heavy atom. The lowest BCUT2D eigenvalue weighted by atomic mass is 10.1. The number of hydrogen-bond acceptors (Lipinski definition) is 5. The van der Waals surface area contributed by atoms with E-state index in [2.05, 4.69) is 5.32 Å². The summed E-state index contributed by atoms with van der Waals surface area (Å²) in [4.78, 5) is 23.9. The minimum atomic E-state index is -0.583. The number of hydroxylamine groups is 1. The SMILES string of the molecule is O=C(NO)c1ccc(OCCc2cccc3c2NC(=O)c2ccccc2O3)cc1. The Hall–Kier alpha value is -3.84. The Labute approximate surface area is 166 Å². The first-order valence-electron chi connectivity index (χ1n) is 9.03. The zero-order chi connectivity index (χ0) is 20.2. The lowest BCUT2D eigenvalue weighted by Crippen LogP contribution is -2.18. The van der Waals surface area contributed by atoms with Gasteiger partial charge in [0.2, 0.25) is 0 Å². The van der Waals surface area contributed by atoms with Gasteiger partial charge in [0, 0.05) is 12.0 Å². The fraction of sp³-hybridized carbons (Fsp3) is 0.0909. The third-order valence-electron chi connectivity index (χ3n) is 4.56. The van der Waals surface area contributed by atoms with Gasteiger partial charge < -0.3 is 14.8 Å². The van der Waals surface area contributed by atoms with Crippen LogP contribution >= 0.6 is 0 Å². The van der Waals surface area contributed by atoms with E-state index in [4.69, 9.17) is 14.7 Å². The molecule has 2 amide bonds. The van der Waals surface area contributed by atoms with Crippen LogP contribution in [-0.2, 0) is 6.42 Å². The maximum Gasteiger partial charge on any atom is 0.274 e. The van der Waals surface area contributed by atoms with Gasteiger partial charge >= 0.3 is 0 Å². The predicted molar refractivity (Wildman–Crippen MR) is 106 cm³/mol. The van der Waals surface area contributed by atoms with Crippen molar-refractivity contribution in [1.29, 1.82) is 0 Å². The zero-order valence-electron chi connectivity index (χ0n) is 15.3. The molecule has 0 aromatic heterocycles. The zero-order valence-corrected chi connectivity index (χ0v) is 15.3. The third-order valence-corrected chi connectivity index (χ3v) is 4.56. The van der Waals surface area contributed by atoms with Gasteiger partial charge in [0.15, 0.2) is 5.75 Å². The number of fused-ring (bicyclic) bond motifs is 2. The van der Waals surface area contributed by atoms with Crippen molar-refractivity contribution in [1.82, 2.24) is 5.48 Å². The van der Waals surface area contributed by atoms with E-state index in [9.17, 15) is 9.59 Å². The van der Waals surface area contributed by atoms with Gasteiger partial charge in [0.05, 0.1) is 17.9 Å². The van der Waals surface area contributed by atoms with Gasteiger partial charge in [-0.3, -0.25) is 14.8 Å². The number of amides is 2. The summed E-state index contributed by atoms with van der Waals surface area (Å²) in [6.45, 7) is 0.366. The van der Waals surface area contributed by atoms with E-state index in [0.29, 0.717) is 47.1 Å². The van der Waals surface area contributed by atoms with E-state index >= 15 is 0 Å². The first-order chi connectivity index (χ1) is 14.2. The largest absolute Gasteiger partial charge is 0.493 e. The highest BCUT2D eigenvalue weighted by Gasteiger charge is 2.22. The number of carbonyl (C=O) groups is 2. The Morgan fingerprint density at radius 1 is 1.00 bits per heavy atom. The van der Waals surface area contributed by atoms with E-state index in [-0.39, 0.29) is 5.91 Å². The molecule has 3 aromatic rings. The van der Waals surface area contributed by atoms with Gasteiger partial charge in [-0.15, -0.1) is 0 Å². The second kappa shape index (κ2) is 8.04. The van der Waals surface area contributed by atoms with Gasteiger partial charge in [-0.1, -0.05) is 24.3 Å². The monoisotopic (exact) mass is 390 g/mol. The molecule has 0 fully saturated rings. The number of carbonyl (C=O) groups excluding carboxylic acids is 2. The Morgan fingerprint density at radius 2 is 1.76 bits per heavy atom. The maximum absolute atomic E-state index is 12.6. The van der Waals surface area contributed by atoms with E-state index in [1.165, 1.54) is 0 Å². The van der Waals surface area contributed by atoms with Gasteiger partial charge in [-0.25, -0.2) is 5.48 Å². The van der Waals surface area contributed by atoms with E-state index < -0.39 is 5.91 Å². The molecule has 0 radical (unpaired) electrons. The molecular weight excluding hydrogens is 372 g/mol. The third kappa shape index (κ3) is 3.90. The predicted octanol–water partition coefficient (Wildman–Crippen LogP) is 3.79. The molecule has 0 saturated heterocycles. The van der Waals surface area contributed by atoms with Crippen LogP contribution in [-0.4, -0.2) is 23.6 Å². The molecule has 3 N–H and O–H groups in total. The van der Waals surface area contributed by atoms with E-state index in [1.807, 2.05) is 24.3 Å². The highest BCUT2D eigenvalue weighted by Crippen LogP contribution is 2.37. The fourth-order valence-corrected chi connectivity index (χ4v) is 3.10. The molecule has 1 aliphatic heterocycles. The van der Waals surface area contributed by atoms with Gasteiger partial charge in [-0.2, -0.15) is 0 Å². The van der Waals surface area contributed by atoms with Crippen molar-refractivity contribution in [2.75, 3.05) is 11.9 Å². The lowest BCUT2D eigenvalue weighted by molar-refractivity contribution is 0.0706. The van der Waals surface area contributed by atoms with E-state index in [1.54, 1.807) is 47.9 Å². The molecule has 0 saturated carbocycles. The van der Waals surface area contributed by atoms with Crippen molar-refractivity contribution < 1.29 is 24.3 Å². The summed E-state index contributed by atoms with van der Waals surface area (Å²) in [6, 6.07) is 19.1. The van der Waals surface area contributed by atoms with Crippen LogP contribution in [0, 0.1) is 0 Å². The molecule has 7 heteroatoms. The van der Waals surface area contributed by atoms with Gasteiger partial charge in [0.1, 0.15) is 11.5 Å². The lowest BCUT2D eigenvalue weighted by Gasteiger charge is -2.13. The minimum Gasteiger partial charge on any atom is -0.493 e. The summed E-state index contributed by atoms with van der Waals surface area (Å²) in [5.41, 5.74) is 3.91. The van der Waals surface area contributed by atoms with Gasteiger partial charge in [-0.05, 0) is 48.0 Å². The summed E-state index contributed by atoms with van der Waals surface area (Å²) in [5, 5.41) is 11.6. The average Bonchev–Trinajstić information content (AvgIpc) is 2.90. The molecule has 7 nitrogen and oxygen atoms in total. The maximum atomic E-state index is 12.6. The number of benzene rings is 3. The minimum absolute atomic E-state index is 0.217. The number of anilines is 1. The van der Waals surface area contributed by atoms with E-state index in [0.717, 1.165) is 5.56 Å². The van der Waals surface area contributed by atoms with Crippen molar-refractivity contribution in [3.63, 3.8) is 0 Å². The number of ether oxygens (including phenoxy) is 2. The normalized spacial score (nSPS) is 12.0. The summed E-state index contributed by atoms with van der Waals surface area (Å²) in [6.07, 6.45) is 0.544. The fourth-order valence-electron chi connectivity index (χ4n) is 3.10. The summed E-state index contributed by atoms with van der Waals surface area (Å²) in [7, 11) is 0. The Bertz CT molecular complexity index is 1060. The van der Waals surface area contributed by atoms with Crippen LogP contribution in [0.15, 0.2) is 66.7 Å². The van der Waals surface area contributed by atoms with Crippen molar-refractivity contribution >= 4 is 17.5 Å². The molecule has 3 aromatic carbocycles. The smallest absolute Gasteiger partial charge is 0.274 e. The van der Waals surface area contributed by atoms with Crippen LogP contribution in [0.25, 0.3) is 0 Å². The molecule has 0 unspecified atom stereocenters. The number of hydrogen-bond donors (Lipinski definition) is 3. The standard InChI is InChI=1S/C22H18N2O5/c25-21(24-27)15-8-10-16(11-9-15)28-13-12-14-4-3-7-19-20(14)23-22(26)17-5-1-2-6-18(17)29-19/h1-11,27H,12-13H2,(H,23,26)(H,24,25). The van der Waals surface area contributed by atoms with Crippen LogP contribution in [0.3, 0.4) is 0 Å². The number of rotatable bonds is 5. The molecule has 0 spiro atoms. The van der Waals surface area contributed by atoms with Crippen LogP contribution in [0.1, 0.15) is 26.3 Å². The van der Waals surface area contributed by atoms with Crippen molar-refractivity contribution in [3.05, 3.63) is 83.4 Å². The van der Waals surface area contributed by atoms with Crippen molar-refractivity contribution in [2.45, 2.75) is 6.42 Å². The molecule has 29 heavy (non-hydrogen) atoms. The van der Waals surface area contributed by atoms with Crippen molar-refractivity contribution in [2.24, 2.45) is 0 Å². The molecule has 0 aliphatic carbocycles. The van der Waals surface area contributed by atoms with Crippen molar-refractivity contribution in [3.8, 4) is 17.2 Å². The first-order valence-corrected chi connectivity index (χ1v) is 9.03. The second-order valence-electron chi connectivity index (χ2n) is 6.41. The Balaban J connectivity index is 1.47. The highest BCUT2D eigenvalue weighted by atomic mass is 16.5. The molecule has 0 bridgehead atoms. The summed E-state index contributed by atoms with van der Waals surface area (Å²) >= 11 is 0. The van der Waals surface area contributed by atoms with Crippen LogP contribution in [0.2, 0.25) is 0 Å². The highest BCUT2D eigenvalue weighted by molar-refractivity contribution is 6.08. The summed E-state index contributed by atoms with van der Waals surface area (Å²) < 4.78 is 11.7. The average molecular weight is 390 g/mol.